The molecule has 7 nitrogen and oxygen atoms in total. The molecule has 0 spiro atoms. The second kappa shape index (κ2) is 7.36. The quantitative estimate of drug-likeness (QED) is 0.527. The molecule has 2 aromatic heterocycles. The van der Waals surface area contributed by atoms with Gasteiger partial charge in [-0.05, 0) is 55.0 Å². The van der Waals surface area contributed by atoms with Crippen LogP contribution in [0.1, 0.15) is 41.1 Å². The van der Waals surface area contributed by atoms with E-state index in [4.69, 9.17) is 0 Å². The van der Waals surface area contributed by atoms with Crippen LogP contribution in [0.5, 0.6) is 5.75 Å². The van der Waals surface area contributed by atoms with E-state index in [1.807, 2.05) is 0 Å². The van der Waals surface area contributed by atoms with Crippen LogP contribution >= 0.6 is 11.3 Å². The lowest BCUT2D eigenvalue weighted by Gasteiger charge is -2.18. The standard InChI is InChI=1S/C21H21N3O4S/c1-10-3-8-14-15(9-10)29-21-16(14)18(26)17(20(28)24-21)19(27)23-13-6-4-12(5-7-13)22-11(2)25/h4-7,10H,3,8-9H2,1-2H3,(H,22,25)(H,23,27)(H2,24,26,28)/t10-/m0/s1. The summed E-state index contributed by atoms with van der Waals surface area (Å²) in [7, 11) is 0. The molecule has 4 N–H and O–H groups in total. The Hall–Kier alpha value is -3.13. The average molecular weight is 411 g/mol. The molecule has 0 saturated heterocycles. The van der Waals surface area contributed by atoms with Gasteiger partial charge >= 0.3 is 0 Å². The maximum absolute atomic E-state index is 12.7. The number of nitrogens with one attached hydrogen (secondary N) is 3. The van der Waals surface area contributed by atoms with Gasteiger partial charge in [0, 0.05) is 23.2 Å². The molecule has 29 heavy (non-hydrogen) atoms. The molecule has 2 heterocycles. The van der Waals surface area contributed by atoms with Crippen molar-refractivity contribution in [2.45, 2.75) is 33.1 Å². The van der Waals surface area contributed by atoms with Gasteiger partial charge in [-0.3, -0.25) is 14.4 Å². The SMILES string of the molecule is CC(=O)Nc1ccc(NC(=O)c2c(O)c3c4c(sc3[nH]c2=O)C[C@@H](C)CC4)cc1. The van der Waals surface area contributed by atoms with Crippen molar-refractivity contribution in [1.29, 1.82) is 0 Å². The molecule has 3 aromatic rings. The highest BCUT2D eigenvalue weighted by Crippen LogP contribution is 2.41. The number of pyridine rings is 1. The molecule has 0 aliphatic heterocycles. The van der Waals surface area contributed by atoms with Crippen molar-refractivity contribution < 1.29 is 14.7 Å². The van der Waals surface area contributed by atoms with Gasteiger partial charge in [0.1, 0.15) is 16.1 Å². The van der Waals surface area contributed by atoms with Gasteiger partial charge in [0.2, 0.25) is 5.91 Å². The molecule has 0 unspecified atom stereocenters. The number of H-pyrrole nitrogens is 1. The summed E-state index contributed by atoms with van der Waals surface area (Å²) in [6.45, 7) is 3.59. The zero-order valence-corrected chi connectivity index (χ0v) is 16.9. The minimum Gasteiger partial charge on any atom is -0.506 e. The highest BCUT2D eigenvalue weighted by molar-refractivity contribution is 7.18. The summed E-state index contributed by atoms with van der Waals surface area (Å²) < 4.78 is 0. The Morgan fingerprint density at radius 1 is 1.17 bits per heavy atom. The van der Waals surface area contributed by atoms with Crippen LogP contribution in [0.4, 0.5) is 11.4 Å². The third-order valence-corrected chi connectivity index (χ3v) is 6.30. The Morgan fingerprint density at radius 2 is 1.83 bits per heavy atom. The highest BCUT2D eigenvalue weighted by Gasteiger charge is 2.27. The number of thiophene rings is 1. The van der Waals surface area contributed by atoms with Crippen molar-refractivity contribution in [2.24, 2.45) is 5.92 Å². The van der Waals surface area contributed by atoms with Gasteiger partial charge in [-0.1, -0.05) is 6.92 Å². The molecule has 1 aromatic carbocycles. The number of carbonyl (C=O) groups excluding carboxylic acids is 2. The second-order valence-corrected chi connectivity index (χ2v) is 8.55. The number of hydrogen-bond donors (Lipinski definition) is 4. The van der Waals surface area contributed by atoms with Crippen LogP contribution < -0.4 is 16.2 Å². The van der Waals surface area contributed by atoms with E-state index < -0.39 is 11.5 Å². The van der Waals surface area contributed by atoms with Crippen molar-refractivity contribution in [3.63, 3.8) is 0 Å². The molecule has 150 valence electrons. The van der Waals surface area contributed by atoms with Gasteiger partial charge in [0.05, 0.1) is 5.39 Å². The molecule has 0 bridgehead atoms. The predicted molar refractivity (Wildman–Crippen MR) is 114 cm³/mol. The molecule has 1 aliphatic carbocycles. The molecule has 0 radical (unpaired) electrons. The van der Waals surface area contributed by atoms with E-state index in [-0.39, 0.29) is 17.2 Å². The predicted octanol–water partition coefficient (Wildman–Crippen LogP) is 3.63. The first-order chi connectivity index (χ1) is 13.8. The van der Waals surface area contributed by atoms with Crippen molar-refractivity contribution in [2.75, 3.05) is 10.6 Å². The largest absolute Gasteiger partial charge is 0.506 e. The molecule has 2 amide bonds. The monoisotopic (exact) mass is 411 g/mol. The third kappa shape index (κ3) is 3.63. The van der Waals surface area contributed by atoms with Gasteiger partial charge in [0.15, 0.2) is 0 Å². The van der Waals surface area contributed by atoms with Crippen LogP contribution in [-0.4, -0.2) is 21.9 Å². The van der Waals surface area contributed by atoms with E-state index in [0.717, 1.165) is 29.7 Å². The number of fused-ring (bicyclic) bond motifs is 3. The fourth-order valence-corrected chi connectivity index (χ4v) is 5.14. The summed E-state index contributed by atoms with van der Waals surface area (Å²) >= 11 is 1.48. The zero-order valence-electron chi connectivity index (χ0n) is 16.1. The number of rotatable bonds is 3. The number of carbonyl (C=O) groups is 2. The molecular weight excluding hydrogens is 390 g/mol. The lowest BCUT2D eigenvalue weighted by Crippen LogP contribution is -2.23. The number of hydrogen-bond acceptors (Lipinski definition) is 5. The van der Waals surface area contributed by atoms with Gasteiger partial charge in [-0.2, -0.15) is 0 Å². The van der Waals surface area contributed by atoms with E-state index in [2.05, 4.69) is 22.5 Å². The first-order valence-electron chi connectivity index (χ1n) is 9.42. The van der Waals surface area contributed by atoms with Crippen LogP contribution in [0, 0.1) is 5.92 Å². The van der Waals surface area contributed by atoms with Crippen molar-refractivity contribution in [1.82, 2.24) is 4.98 Å². The Balaban J connectivity index is 1.67. The molecule has 1 aliphatic rings. The normalized spacial score (nSPS) is 15.7. The van der Waals surface area contributed by atoms with E-state index in [0.29, 0.717) is 27.5 Å². The van der Waals surface area contributed by atoms with Gasteiger partial charge in [-0.15, -0.1) is 11.3 Å². The van der Waals surface area contributed by atoms with E-state index in [9.17, 15) is 19.5 Å². The molecule has 0 fully saturated rings. The Morgan fingerprint density at radius 3 is 2.48 bits per heavy atom. The number of aromatic hydroxyl groups is 1. The molecular formula is C21H21N3O4S. The van der Waals surface area contributed by atoms with Gasteiger partial charge in [-0.25, -0.2) is 0 Å². The number of aromatic amines is 1. The number of aromatic nitrogens is 1. The second-order valence-electron chi connectivity index (χ2n) is 7.45. The topological polar surface area (TPSA) is 111 Å². The van der Waals surface area contributed by atoms with Gasteiger partial charge in [0.25, 0.3) is 11.5 Å². The maximum atomic E-state index is 12.7. The summed E-state index contributed by atoms with van der Waals surface area (Å²) in [5, 5.41) is 16.7. The van der Waals surface area contributed by atoms with Crippen LogP contribution in [0.2, 0.25) is 0 Å². The molecule has 4 rings (SSSR count). The first-order valence-corrected chi connectivity index (χ1v) is 10.2. The van der Waals surface area contributed by atoms with Crippen LogP contribution in [0.3, 0.4) is 0 Å². The highest BCUT2D eigenvalue weighted by atomic mass is 32.1. The van der Waals surface area contributed by atoms with Crippen molar-refractivity contribution in [3.05, 3.63) is 50.6 Å². The van der Waals surface area contributed by atoms with Gasteiger partial charge < -0.3 is 20.7 Å². The average Bonchev–Trinajstić information content (AvgIpc) is 3.00. The van der Waals surface area contributed by atoms with Crippen molar-refractivity contribution in [3.8, 4) is 5.75 Å². The minimum atomic E-state index is -0.679. The maximum Gasteiger partial charge on any atom is 0.265 e. The van der Waals surface area contributed by atoms with Crippen LogP contribution in [-0.2, 0) is 17.6 Å². The fraction of sp³-hybridized carbons (Fsp3) is 0.286. The Labute approximate surface area is 170 Å². The third-order valence-electron chi connectivity index (χ3n) is 5.13. The fourth-order valence-electron chi connectivity index (χ4n) is 3.73. The summed E-state index contributed by atoms with van der Waals surface area (Å²) in [5.41, 5.74) is 1.17. The summed E-state index contributed by atoms with van der Waals surface area (Å²) in [6.07, 6.45) is 2.75. The van der Waals surface area contributed by atoms with Crippen LogP contribution in [0.15, 0.2) is 29.1 Å². The number of benzene rings is 1. The smallest absolute Gasteiger partial charge is 0.265 e. The van der Waals surface area contributed by atoms with Crippen LogP contribution in [0.25, 0.3) is 10.2 Å². The number of anilines is 2. The van der Waals surface area contributed by atoms with Crippen molar-refractivity contribution >= 4 is 44.7 Å². The van der Waals surface area contributed by atoms with E-state index >= 15 is 0 Å². The molecule has 1 atom stereocenters. The lowest BCUT2D eigenvalue weighted by atomic mass is 9.89. The number of aryl methyl sites for hydroxylation is 1. The van der Waals surface area contributed by atoms with E-state index in [1.54, 1.807) is 24.3 Å². The lowest BCUT2D eigenvalue weighted by molar-refractivity contribution is -0.114. The first kappa shape index (κ1) is 19.2. The summed E-state index contributed by atoms with van der Waals surface area (Å²) in [4.78, 5) is 40.9. The summed E-state index contributed by atoms with van der Waals surface area (Å²) in [5.74, 6) is -0.571. The summed E-state index contributed by atoms with van der Waals surface area (Å²) in [6, 6.07) is 6.50. The Bertz CT molecular complexity index is 1180. The molecule has 8 heteroatoms. The zero-order chi connectivity index (χ0) is 20.7. The minimum absolute atomic E-state index is 0.194. The van der Waals surface area contributed by atoms with E-state index in [1.165, 1.54) is 18.3 Å². The molecule has 0 saturated carbocycles. The number of amides is 2. The Kier molecular flexibility index (Phi) is 4.87.